The molecule has 133 heavy (non-hydrogen) atoms. The van der Waals surface area contributed by atoms with E-state index in [1.54, 1.807) is 146 Å². The van der Waals surface area contributed by atoms with Gasteiger partial charge in [-0.05, 0) is 194 Å². The summed E-state index contributed by atoms with van der Waals surface area (Å²) in [6, 6.07) is 41.2. The molecule has 32 nitrogen and oxygen atoms in total. The zero-order valence-electron chi connectivity index (χ0n) is 74.4. The van der Waals surface area contributed by atoms with E-state index in [0.717, 1.165) is 119 Å². The predicted octanol–water partition coefficient (Wildman–Crippen LogP) is 16.0. The van der Waals surface area contributed by atoms with Gasteiger partial charge in [0.25, 0.3) is 23.6 Å². The van der Waals surface area contributed by atoms with Crippen LogP contribution in [0, 0.1) is 23.3 Å². The van der Waals surface area contributed by atoms with E-state index >= 15 is 0 Å². The van der Waals surface area contributed by atoms with Gasteiger partial charge in [-0.25, -0.2) is 17.6 Å². The minimum atomic E-state index is -0.504. The third-order valence-electron chi connectivity index (χ3n) is 24.0. The number of ether oxygens (including phenoxy) is 4. The van der Waals surface area contributed by atoms with E-state index < -0.39 is 35.1 Å². The molecule has 686 valence electrons. The number of aryl methyl sites for hydroxylation is 4. The van der Waals surface area contributed by atoms with Crippen LogP contribution in [-0.2, 0) is 34.8 Å². The van der Waals surface area contributed by atoms with Crippen LogP contribution in [0.25, 0.3) is 88.1 Å². The molecule has 9 N–H and O–H groups in total. The van der Waals surface area contributed by atoms with Crippen LogP contribution in [0.15, 0.2) is 189 Å². The molecule has 8 aromatic carbocycles. The SMILES string of the molecule is CN1CCC(Oc2ccc(NC(=O)c3[nH]nc4c(F)cc(-c5cnn(C)c5)cc34)cc2)CC1.CN1CCC(Oc2ccc(NC(=O)c3n[nH]c4cc(F)c(-c5cn(C)nc5CO)cc34)cc2)CC1.CN1CCC(Oc2cccc(NC(=O)c3n[nH]c4cc(F)c(-c5cnn(C)c5)cc34)c2)CC1.Cn1cc(-c2cc3c(C(=O)Nc4cccc(OC5CCCCC5)c4)n[nH]c3cc2F)cn1. The number of aliphatic hydroxyl groups excluding tert-OH is 1. The molecule has 8 aromatic heterocycles. The number of aliphatic hydroxyl groups is 1. The molecule has 11 heterocycles. The van der Waals surface area contributed by atoms with Crippen LogP contribution >= 0.6 is 0 Å². The quantitative estimate of drug-likeness (QED) is 0.0302. The number of aromatic amines is 4. The lowest BCUT2D eigenvalue weighted by molar-refractivity contribution is 0.101. The van der Waals surface area contributed by atoms with E-state index in [4.69, 9.17) is 18.9 Å². The van der Waals surface area contributed by atoms with Crippen LogP contribution < -0.4 is 40.2 Å². The normalized spacial score (nSPS) is 14.9. The Morgan fingerprint density at radius 3 is 1.18 bits per heavy atom. The Morgan fingerprint density at radius 2 is 0.759 bits per heavy atom. The maximum Gasteiger partial charge on any atom is 0.276 e. The number of benzene rings is 8. The largest absolute Gasteiger partial charge is 0.490 e. The fourth-order valence-electron chi connectivity index (χ4n) is 16.8. The summed E-state index contributed by atoms with van der Waals surface area (Å²) in [7, 11) is 13.4. The number of H-pyrrole nitrogens is 4. The molecule has 20 rings (SSSR count). The summed E-state index contributed by atoms with van der Waals surface area (Å²) in [6.07, 6.45) is 24.2. The van der Waals surface area contributed by atoms with Gasteiger partial charge in [-0.2, -0.15) is 40.8 Å². The zero-order chi connectivity index (χ0) is 92.5. The fourth-order valence-corrected chi connectivity index (χ4v) is 16.8. The minimum Gasteiger partial charge on any atom is -0.490 e. The molecule has 4 fully saturated rings. The summed E-state index contributed by atoms with van der Waals surface area (Å²) >= 11 is 0. The van der Waals surface area contributed by atoms with E-state index in [9.17, 15) is 41.8 Å². The number of nitrogens with one attached hydrogen (secondary N) is 8. The second kappa shape index (κ2) is 40.2. The fraction of sp³-hybridized carbons (Fsp3) is 0.299. The standard InChI is InChI=1S/C25H27FN6O3.2C24H25FN6O2.C24H24FN5O2/c1-31-9-7-17(8-10-31)35-16-5-3-15(4-6-16)27-25(34)24-19-11-18(21(26)12-22(19)28-29-24)20-13-32(2)30-23(20)14-33;1-30-9-7-19(8-10-30)33-18-5-3-17(4-6-18)27-24(32)23-20-11-15(16-13-26-31(2)14-16)12-21(25)22(20)28-29-23;1-30-8-6-17(7-9-30)33-18-5-3-4-16(10-18)27-24(32)23-20-11-19(15-13-26-31(2)14-15)21(25)12-22(20)28-29-23;1-30-14-15(13-26-30)19-11-20-22(12-21(19)25)28-29-23(20)24(31)27-16-6-5-9-18(10-16)32-17-7-3-2-4-8-17/h3-6,11-13,17,33H,7-10,14H2,1-2H3,(H,27,34)(H,28,29);3-6,11-14,19H,7-10H2,1-2H3,(H,27,32)(H,28,29);3-5,10-14,17H,6-9H2,1-2H3,(H,27,32)(H,28,29);5-6,9-14,17H,2-4,7-8H2,1H3,(H,27,31)(H,28,29). The lowest BCUT2D eigenvalue weighted by atomic mass is 9.98. The average Bonchev–Trinajstić information content (AvgIpc) is 1.64. The van der Waals surface area contributed by atoms with Gasteiger partial charge in [0.05, 0.1) is 53.5 Å². The third kappa shape index (κ3) is 21.6. The minimum absolute atomic E-state index is 0.120. The summed E-state index contributed by atoms with van der Waals surface area (Å²) in [5, 5.41) is 66.8. The second-order valence-electron chi connectivity index (χ2n) is 34.0. The van der Waals surface area contributed by atoms with Gasteiger partial charge in [-0.1, -0.05) is 18.6 Å². The van der Waals surface area contributed by atoms with Crippen LogP contribution in [0.1, 0.15) is 118 Å². The molecule has 0 atom stereocenters. The van der Waals surface area contributed by atoms with Crippen molar-refractivity contribution >= 4 is 90.0 Å². The molecule has 1 saturated carbocycles. The highest BCUT2D eigenvalue weighted by Crippen LogP contribution is 2.37. The van der Waals surface area contributed by atoms with Crippen molar-refractivity contribution in [3.05, 3.63) is 241 Å². The Morgan fingerprint density at radius 1 is 0.368 bits per heavy atom. The van der Waals surface area contributed by atoms with Gasteiger partial charge in [0, 0.05) is 206 Å². The molecule has 0 bridgehead atoms. The number of likely N-dealkylation sites (tertiary alicyclic amines) is 3. The van der Waals surface area contributed by atoms with Crippen LogP contribution in [-0.4, -0.2) is 208 Å². The number of hydrogen-bond donors (Lipinski definition) is 9. The number of rotatable bonds is 21. The van der Waals surface area contributed by atoms with E-state index in [2.05, 4.69) is 118 Å². The Kier molecular flexibility index (Phi) is 27.2. The number of halogens is 4. The second-order valence-corrected chi connectivity index (χ2v) is 34.0. The summed E-state index contributed by atoms with van der Waals surface area (Å²) in [5.41, 5.74) is 8.99. The predicted molar refractivity (Wildman–Crippen MR) is 497 cm³/mol. The Balaban J connectivity index is 0.000000124. The van der Waals surface area contributed by atoms with Crippen molar-refractivity contribution in [1.29, 1.82) is 0 Å². The molecule has 4 aliphatic rings. The lowest BCUT2D eigenvalue weighted by Gasteiger charge is -2.29. The van der Waals surface area contributed by atoms with E-state index in [1.807, 2.05) is 60.7 Å². The number of amides is 4. The van der Waals surface area contributed by atoms with Crippen LogP contribution in [0.5, 0.6) is 23.0 Å². The van der Waals surface area contributed by atoms with Gasteiger partial charge in [0.15, 0.2) is 22.9 Å². The molecule has 0 unspecified atom stereocenters. The van der Waals surface area contributed by atoms with Gasteiger partial charge in [-0.15, -0.1) is 0 Å². The van der Waals surface area contributed by atoms with Crippen molar-refractivity contribution < 1.29 is 60.8 Å². The van der Waals surface area contributed by atoms with Crippen molar-refractivity contribution in [2.24, 2.45) is 28.2 Å². The Labute approximate surface area is 761 Å². The van der Waals surface area contributed by atoms with E-state index in [-0.39, 0.29) is 76.7 Å². The van der Waals surface area contributed by atoms with Gasteiger partial charge in [0.1, 0.15) is 70.0 Å². The molecule has 4 amide bonds. The van der Waals surface area contributed by atoms with E-state index in [0.29, 0.717) is 99.9 Å². The number of fused-ring (bicyclic) bond motifs is 4. The maximum absolute atomic E-state index is 14.8. The van der Waals surface area contributed by atoms with Crippen LogP contribution in [0.2, 0.25) is 0 Å². The maximum atomic E-state index is 14.8. The first kappa shape index (κ1) is 90.1. The first-order valence-electron chi connectivity index (χ1n) is 44.1. The molecule has 3 aliphatic heterocycles. The van der Waals surface area contributed by atoms with Crippen LogP contribution in [0.3, 0.4) is 0 Å². The van der Waals surface area contributed by atoms with Gasteiger partial charge < -0.3 is 60.0 Å². The molecular formula is C97H101F4N23O9. The van der Waals surface area contributed by atoms with Crippen molar-refractivity contribution in [3.63, 3.8) is 0 Å². The number of carbonyl (C=O) groups is 4. The van der Waals surface area contributed by atoms with Crippen molar-refractivity contribution in [2.45, 2.75) is 102 Å². The van der Waals surface area contributed by atoms with Crippen molar-refractivity contribution in [3.8, 4) is 67.5 Å². The topological polar surface area (TPSA) is 369 Å². The van der Waals surface area contributed by atoms with Gasteiger partial charge in [0.2, 0.25) is 0 Å². The molecule has 3 saturated heterocycles. The molecule has 36 heteroatoms. The summed E-state index contributed by atoms with van der Waals surface area (Å²) < 4.78 is 89.4. The first-order chi connectivity index (χ1) is 64.4. The highest BCUT2D eigenvalue weighted by molar-refractivity contribution is 6.15. The third-order valence-corrected chi connectivity index (χ3v) is 24.0. The number of aromatic nitrogens is 16. The number of carbonyl (C=O) groups excluding carboxylic acids is 4. The highest BCUT2D eigenvalue weighted by Gasteiger charge is 2.28. The molecule has 0 spiro atoms. The smallest absolute Gasteiger partial charge is 0.276 e. The number of piperidine rings is 3. The number of hydrogen-bond acceptors (Lipinski definition) is 20. The summed E-state index contributed by atoms with van der Waals surface area (Å²) in [6.45, 7) is 5.78. The van der Waals surface area contributed by atoms with Gasteiger partial charge >= 0.3 is 0 Å². The molecule has 16 aromatic rings. The van der Waals surface area contributed by atoms with E-state index in [1.165, 1.54) is 48.2 Å². The highest BCUT2D eigenvalue weighted by atomic mass is 19.1. The zero-order valence-corrected chi connectivity index (χ0v) is 74.4. The first-order valence-corrected chi connectivity index (χ1v) is 44.1. The number of nitrogens with zero attached hydrogens (tertiary/aromatic N) is 15. The lowest BCUT2D eigenvalue weighted by Crippen LogP contribution is -2.35. The van der Waals surface area contributed by atoms with Crippen molar-refractivity contribution in [1.82, 2.24) is 94.6 Å². The molecule has 1 aliphatic carbocycles. The monoisotopic (exact) mass is 1810 g/mol. The molecule has 0 radical (unpaired) electrons. The van der Waals surface area contributed by atoms with Crippen LogP contribution in [0.4, 0.5) is 40.3 Å². The summed E-state index contributed by atoms with van der Waals surface area (Å²) in [5.74, 6) is -0.423. The summed E-state index contributed by atoms with van der Waals surface area (Å²) in [4.78, 5) is 58.8. The average molecular weight is 1810 g/mol. The molecular weight excluding hydrogens is 1710 g/mol. The van der Waals surface area contributed by atoms with Gasteiger partial charge in [-0.3, -0.25) is 58.3 Å². The Bertz CT molecular complexity index is 6840. The van der Waals surface area contributed by atoms with Crippen molar-refractivity contribution in [2.75, 3.05) is 81.7 Å². The number of anilines is 4. The Hall–Kier alpha value is -14.9.